The van der Waals surface area contributed by atoms with E-state index in [4.69, 9.17) is 13.9 Å². The van der Waals surface area contributed by atoms with Crippen molar-refractivity contribution < 1.29 is 23.8 Å². The summed E-state index contributed by atoms with van der Waals surface area (Å²) in [5, 5.41) is 23.0. The van der Waals surface area contributed by atoms with E-state index in [-0.39, 0.29) is 17.7 Å². The first-order valence-electron chi connectivity index (χ1n) is 20.1. The van der Waals surface area contributed by atoms with Gasteiger partial charge in [-0.25, -0.2) is 4.79 Å². The lowest BCUT2D eigenvalue weighted by Gasteiger charge is -2.43. The predicted octanol–water partition coefficient (Wildman–Crippen LogP) is 6.99. The molecule has 5 aromatic rings. The Morgan fingerprint density at radius 1 is 0.789 bits per heavy atom. The number of hydrogen-bond acceptors (Lipinski definition) is 7. The van der Waals surface area contributed by atoms with Crippen LogP contribution in [-0.2, 0) is 13.0 Å². The average Bonchev–Trinajstić information content (AvgIpc) is 3.24. The van der Waals surface area contributed by atoms with E-state index in [0.717, 1.165) is 48.6 Å². The topological polar surface area (TPSA) is 104 Å². The molecule has 0 radical (unpaired) electrons. The number of rotatable bonds is 17. The van der Waals surface area contributed by atoms with Crippen LogP contribution in [0.1, 0.15) is 44.7 Å². The fourth-order valence-corrected chi connectivity index (χ4v) is 11.9. The molecule has 1 heterocycles. The van der Waals surface area contributed by atoms with E-state index in [1.165, 1.54) is 15.9 Å². The number of amides is 2. The molecule has 0 spiro atoms. The van der Waals surface area contributed by atoms with E-state index >= 15 is 0 Å². The van der Waals surface area contributed by atoms with Crippen LogP contribution in [-0.4, -0.2) is 76.4 Å². The Hall–Kier alpha value is -5.29. The zero-order valence-corrected chi connectivity index (χ0v) is 34.7. The van der Waals surface area contributed by atoms with E-state index < -0.39 is 14.4 Å². The first-order chi connectivity index (χ1) is 27.6. The second-order valence-electron chi connectivity index (χ2n) is 15.8. The maximum Gasteiger partial charge on any atom is 0.319 e. The second-order valence-corrected chi connectivity index (χ2v) is 20.0. The average molecular weight is 787 g/mol. The fourth-order valence-electron chi connectivity index (χ4n) is 7.48. The monoisotopic (exact) mass is 786 g/mol. The number of carbonyl (C=O) groups excluding carboxylic acids is 1. The Kier molecular flexibility index (Phi) is 14.3. The highest BCUT2D eigenvalue weighted by Gasteiger charge is 2.52. The van der Waals surface area contributed by atoms with Crippen LogP contribution in [0, 0.1) is 0 Å². The van der Waals surface area contributed by atoms with E-state index in [1.54, 1.807) is 7.11 Å². The van der Waals surface area contributed by atoms with Gasteiger partial charge >= 0.3 is 14.3 Å². The molecule has 6 rings (SSSR count). The number of hydrogen-bond donors (Lipinski definition) is 4. The number of anilines is 1. The quantitative estimate of drug-likeness (QED) is 0.0596. The van der Waals surface area contributed by atoms with Gasteiger partial charge in [-0.1, -0.05) is 106 Å². The van der Waals surface area contributed by atoms with Gasteiger partial charge in [0, 0.05) is 37.9 Å². The molecule has 1 aliphatic rings. The Morgan fingerprint density at radius 3 is 2.04 bits per heavy atom. The lowest BCUT2D eigenvalue weighted by molar-refractivity contribution is 0.106. The molecule has 5 aromatic carbocycles. The third-order valence-electron chi connectivity index (χ3n) is 10.6. The number of aliphatic hydroxyl groups is 1. The Morgan fingerprint density at radius 2 is 1.42 bits per heavy atom. The van der Waals surface area contributed by atoms with Crippen molar-refractivity contribution in [2.45, 2.75) is 63.8 Å². The van der Waals surface area contributed by atoms with Crippen molar-refractivity contribution in [2.24, 2.45) is 0 Å². The first kappa shape index (κ1) is 41.3. The van der Waals surface area contributed by atoms with Crippen molar-refractivity contribution in [1.82, 2.24) is 15.5 Å². The number of likely N-dealkylation sites (tertiary alicyclic amines) is 1. The lowest BCUT2D eigenvalue weighted by Crippen LogP contribution is -2.68. The first-order valence-corrected chi connectivity index (χ1v) is 22.0. The van der Waals surface area contributed by atoms with Crippen molar-refractivity contribution in [1.29, 1.82) is 0 Å². The lowest BCUT2D eigenvalue weighted by atomic mass is 10.0. The number of aliphatic hydroxyl groups excluding tert-OH is 1. The van der Waals surface area contributed by atoms with E-state index in [9.17, 15) is 9.90 Å². The van der Waals surface area contributed by atoms with Gasteiger partial charge in [0.25, 0.3) is 0 Å². The van der Waals surface area contributed by atoms with Crippen LogP contribution in [0.2, 0.25) is 5.04 Å². The molecule has 1 atom stereocenters. The maximum atomic E-state index is 12.7. The van der Waals surface area contributed by atoms with Gasteiger partial charge in [0.05, 0.1) is 7.11 Å². The fraction of sp³-hybridized carbons (Fsp3) is 0.340. The van der Waals surface area contributed by atoms with E-state index in [1.807, 2.05) is 65.6 Å². The summed E-state index contributed by atoms with van der Waals surface area (Å²) in [5.41, 5.74) is 3.32. The minimum absolute atomic E-state index is 0.0298. The highest BCUT2D eigenvalue weighted by molar-refractivity contribution is 7.00. The molecule has 0 aliphatic carbocycles. The Balaban J connectivity index is 0.889. The SMILES string of the molecule is COc1cccc(CNC(=O)N2CCC(Nc3ccc(CCNCC(O)COc4ccc(O[Si](c5ccccc5)(c5ccccc5)C(C)(C)C)cc4)cc3)CC2)c1. The molecule has 0 bridgehead atoms. The molecular formula is C47H58N4O5Si. The van der Waals surface area contributed by atoms with Crippen molar-refractivity contribution in [3.63, 3.8) is 0 Å². The van der Waals surface area contributed by atoms with Gasteiger partial charge in [-0.15, -0.1) is 0 Å². The molecule has 57 heavy (non-hydrogen) atoms. The number of nitrogens with zero attached hydrogens (tertiary/aromatic N) is 1. The van der Waals surface area contributed by atoms with Crippen LogP contribution < -0.4 is 40.2 Å². The Labute approximate surface area is 339 Å². The van der Waals surface area contributed by atoms with Crippen molar-refractivity contribution in [3.05, 3.63) is 145 Å². The zero-order valence-electron chi connectivity index (χ0n) is 33.7. The molecule has 1 unspecified atom stereocenters. The number of carbonyl (C=O) groups is 1. The zero-order chi connectivity index (χ0) is 40.1. The largest absolute Gasteiger partial charge is 0.534 e. The Bertz CT molecular complexity index is 1930. The highest BCUT2D eigenvalue weighted by atomic mass is 28.4. The molecule has 10 heteroatoms. The molecular weight excluding hydrogens is 729 g/mol. The second kappa shape index (κ2) is 19.7. The number of ether oxygens (including phenoxy) is 2. The number of urea groups is 1. The van der Waals surface area contributed by atoms with Gasteiger partial charge in [0.15, 0.2) is 0 Å². The van der Waals surface area contributed by atoms with Crippen molar-refractivity contribution >= 4 is 30.4 Å². The van der Waals surface area contributed by atoms with Gasteiger partial charge in [-0.3, -0.25) is 0 Å². The third-order valence-corrected chi connectivity index (χ3v) is 15.6. The molecule has 0 saturated carbocycles. The van der Waals surface area contributed by atoms with Crippen LogP contribution in [0.15, 0.2) is 133 Å². The molecule has 1 fully saturated rings. The molecule has 1 saturated heterocycles. The molecule has 4 N–H and O–H groups in total. The van der Waals surface area contributed by atoms with Crippen LogP contribution in [0.5, 0.6) is 17.2 Å². The van der Waals surface area contributed by atoms with Gasteiger partial charge in [-0.05, 0) is 101 Å². The predicted molar refractivity (Wildman–Crippen MR) is 233 cm³/mol. The van der Waals surface area contributed by atoms with Crippen molar-refractivity contribution in [2.75, 3.05) is 45.2 Å². The van der Waals surface area contributed by atoms with E-state index in [2.05, 4.69) is 110 Å². The summed E-state index contributed by atoms with van der Waals surface area (Å²) in [4.78, 5) is 14.6. The van der Waals surface area contributed by atoms with Gasteiger partial charge in [-0.2, -0.15) is 0 Å². The van der Waals surface area contributed by atoms with E-state index in [0.29, 0.717) is 38.0 Å². The standard InChI is InChI=1S/C47H58N4O5Si/c1-47(2,3)57(44-14-7-5-8-15-44,45-16-9-6-10-17-45)56-42-24-22-41(23-25-42)55-35-40(52)34-48-29-26-36-18-20-38(21-19-36)50-39-27-30-51(31-28-39)46(53)49-33-37-12-11-13-43(32-37)54-4/h5-25,32,39-40,48,50,52H,26-31,33-35H2,1-4H3,(H,49,53). The molecule has 300 valence electrons. The number of benzene rings is 5. The number of nitrogens with one attached hydrogen (secondary N) is 3. The van der Waals surface area contributed by atoms with Crippen LogP contribution in [0.3, 0.4) is 0 Å². The third kappa shape index (κ3) is 11.2. The molecule has 2 amide bonds. The van der Waals surface area contributed by atoms with Crippen molar-refractivity contribution in [3.8, 4) is 17.2 Å². The molecule has 9 nitrogen and oxygen atoms in total. The summed E-state index contributed by atoms with van der Waals surface area (Å²) < 4.78 is 18.3. The summed E-state index contributed by atoms with van der Waals surface area (Å²) in [6.07, 6.45) is 2.00. The summed E-state index contributed by atoms with van der Waals surface area (Å²) in [7, 11) is -1.08. The van der Waals surface area contributed by atoms with Crippen LogP contribution in [0.4, 0.5) is 10.5 Å². The maximum absolute atomic E-state index is 12.7. The summed E-state index contributed by atoms with van der Waals surface area (Å²) in [6, 6.07) is 45.6. The van der Waals surface area contributed by atoms with Gasteiger partial charge < -0.3 is 39.9 Å². The normalized spacial score (nSPS) is 14.1. The minimum Gasteiger partial charge on any atom is -0.534 e. The van der Waals surface area contributed by atoms with Gasteiger partial charge in [0.2, 0.25) is 0 Å². The number of piperidine rings is 1. The minimum atomic E-state index is -2.72. The molecule has 0 aromatic heterocycles. The van der Waals surface area contributed by atoms with Crippen LogP contribution >= 0.6 is 0 Å². The smallest absolute Gasteiger partial charge is 0.319 e. The summed E-state index contributed by atoms with van der Waals surface area (Å²) in [6.45, 7) is 10.1. The highest BCUT2D eigenvalue weighted by Crippen LogP contribution is 2.38. The van der Waals surface area contributed by atoms with Gasteiger partial charge in [0.1, 0.15) is 30.0 Å². The molecule has 1 aliphatic heterocycles. The summed E-state index contributed by atoms with van der Waals surface area (Å²) in [5.74, 6) is 2.27. The van der Waals surface area contributed by atoms with Crippen LogP contribution in [0.25, 0.3) is 0 Å². The number of methoxy groups -OCH3 is 1. The summed E-state index contributed by atoms with van der Waals surface area (Å²) >= 11 is 0.